The maximum absolute atomic E-state index is 12.9. The Morgan fingerprint density at radius 2 is 1.97 bits per heavy atom. The molecule has 1 fully saturated rings. The predicted octanol–water partition coefficient (Wildman–Crippen LogP) is 1.19. The molecule has 0 aliphatic carbocycles. The topological polar surface area (TPSA) is 98.7 Å². The third-order valence-electron chi connectivity index (χ3n) is 5.87. The van der Waals surface area contributed by atoms with Gasteiger partial charge >= 0.3 is 0 Å². The quantitative estimate of drug-likeness (QED) is 0.737. The number of fused-ring (bicyclic) bond motifs is 1. The van der Waals surface area contributed by atoms with Crippen LogP contribution in [0.4, 0.5) is 5.82 Å². The molecule has 29 heavy (non-hydrogen) atoms. The van der Waals surface area contributed by atoms with Crippen LogP contribution in [0.2, 0.25) is 0 Å². The molecule has 3 rings (SSSR count). The van der Waals surface area contributed by atoms with Crippen molar-refractivity contribution in [3.8, 4) is 0 Å². The first-order valence-electron chi connectivity index (χ1n) is 10.4. The van der Waals surface area contributed by atoms with Crippen LogP contribution >= 0.6 is 0 Å². The number of aromatic nitrogens is 2. The molecule has 1 saturated heterocycles. The molecule has 0 aromatic carbocycles. The number of piperidine rings is 1. The lowest BCUT2D eigenvalue weighted by Gasteiger charge is -2.35. The number of hydrogen-bond donors (Lipinski definition) is 1. The minimum Gasteiger partial charge on any atom is -0.373 e. The summed E-state index contributed by atoms with van der Waals surface area (Å²) in [5, 5.41) is 3.14. The van der Waals surface area contributed by atoms with Gasteiger partial charge < -0.3 is 10.2 Å². The molecule has 3 heterocycles. The van der Waals surface area contributed by atoms with Crippen molar-refractivity contribution in [2.45, 2.75) is 52.5 Å². The maximum atomic E-state index is 12.9. The Labute approximate surface area is 173 Å². The minimum absolute atomic E-state index is 0.0303. The second-order valence-electron chi connectivity index (χ2n) is 7.59. The maximum Gasteiger partial charge on any atom is 0.281 e. The summed E-state index contributed by atoms with van der Waals surface area (Å²) >= 11 is 0. The lowest BCUT2D eigenvalue weighted by Crippen LogP contribution is -2.47. The third-order valence-corrected chi connectivity index (χ3v) is 8.02. The third kappa shape index (κ3) is 4.39. The number of carbonyl (C=O) groups is 1. The number of anilines is 1. The zero-order chi connectivity index (χ0) is 21.2. The van der Waals surface area contributed by atoms with Gasteiger partial charge in [-0.05, 0) is 12.8 Å². The van der Waals surface area contributed by atoms with Crippen molar-refractivity contribution in [3.05, 3.63) is 17.1 Å². The predicted molar refractivity (Wildman–Crippen MR) is 112 cm³/mol. The van der Waals surface area contributed by atoms with Gasteiger partial charge in [0.1, 0.15) is 11.6 Å². The molecule has 1 unspecified atom stereocenters. The van der Waals surface area contributed by atoms with E-state index >= 15 is 0 Å². The summed E-state index contributed by atoms with van der Waals surface area (Å²) in [4.78, 5) is 23.1. The van der Waals surface area contributed by atoms with Crippen molar-refractivity contribution >= 4 is 21.9 Å². The molecular weight excluding hydrogens is 392 g/mol. The summed E-state index contributed by atoms with van der Waals surface area (Å²) in [6.45, 7) is 8.32. The molecular formula is C19H32N6O3S. The molecule has 2 aliphatic heterocycles. The summed E-state index contributed by atoms with van der Waals surface area (Å²) in [6, 6.07) is 0. The highest BCUT2D eigenvalue weighted by atomic mass is 32.2. The van der Waals surface area contributed by atoms with Crippen LogP contribution in [0.1, 0.15) is 56.6 Å². The molecule has 2 aliphatic rings. The van der Waals surface area contributed by atoms with E-state index in [1.165, 1.54) is 4.31 Å². The smallest absolute Gasteiger partial charge is 0.281 e. The first-order chi connectivity index (χ1) is 13.8. The fourth-order valence-corrected chi connectivity index (χ4v) is 5.87. The Hall–Kier alpha value is -1.78. The molecule has 9 nitrogen and oxygen atoms in total. The van der Waals surface area contributed by atoms with Gasteiger partial charge in [-0.2, -0.15) is 17.0 Å². The minimum atomic E-state index is -3.46. The molecule has 1 N–H and O–H groups in total. The van der Waals surface area contributed by atoms with Gasteiger partial charge in [-0.1, -0.05) is 13.8 Å². The number of amides is 1. The van der Waals surface area contributed by atoms with Gasteiger partial charge in [-0.15, -0.1) is 0 Å². The summed E-state index contributed by atoms with van der Waals surface area (Å²) in [7, 11) is -1.65. The number of rotatable bonds is 6. The summed E-state index contributed by atoms with van der Waals surface area (Å²) in [5.74, 6) is 1.45. The van der Waals surface area contributed by atoms with E-state index in [2.05, 4.69) is 5.32 Å². The van der Waals surface area contributed by atoms with Crippen LogP contribution in [0.25, 0.3) is 0 Å². The zero-order valence-electron chi connectivity index (χ0n) is 17.8. The second kappa shape index (κ2) is 8.93. The van der Waals surface area contributed by atoms with Crippen molar-refractivity contribution in [2.75, 3.05) is 45.1 Å². The highest BCUT2D eigenvalue weighted by Crippen LogP contribution is 2.31. The molecule has 1 amide bonds. The van der Waals surface area contributed by atoms with E-state index in [1.54, 1.807) is 16.1 Å². The lowest BCUT2D eigenvalue weighted by molar-refractivity contribution is -0.129. The van der Waals surface area contributed by atoms with E-state index in [0.717, 1.165) is 29.9 Å². The number of hydrogen-bond acceptors (Lipinski definition) is 6. The summed E-state index contributed by atoms with van der Waals surface area (Å²) < 4.78 is 29.0. The zero-order valence-corrected chi connectivity index (χ0v) is 18.6. The Balaban J connectivity index is 1.86. The largest absolute Gasteiger partial charge is 0.373 e. The van der Waals surface area contributed by atoms with Gasteiger partial charge in [0.15, 0.2) is 0 Å². The number of nitrogens with one attached hydrogen (secondary N) is 1. The highest BCUT2D eigenvalue weighted by molar-refractivity contribution is 7.86. The van der Waals surface area contributed by atoms with Crippen LogP contribution in [0.15, 0.2) is 0 Å². The SMILES string of the molecule is CCN(CC)S(=O)(=O)N1CCCC(c2nc3c(c(NC)n2)CN(C(C)=O)CC3)C1. The Morgan fingerprint density at radius 3 is 2.59 bits per heavy atom. The molecule has 10 heteroatoms. The summed E-state index contributed by atoms with van der Waals surface area (Å²) in [5.41, 5.74) is 1.92. The van der Waals surface area contributed by atoms with Crippen LogP contribution in [-0.4, -0.2) is 77.6 Å². The summed E-state index contributed by atoms with van der Waals surface area (Å²) in [6.07, 6.45) is 2.34. The van der Waals surface area contributed by atoms with E-state index in [1.807, 2.05) is 20.9 Å². The van der Waals surface area contributed by atoms with Gasteiger partial charge in [0, 0.05) is 64.6 Å². The van der Waals surface area contributed by atoms with E-state index in [4.69, 9.17) is 9.97 Å². The molecule has 162 valence electrons. The Bertz CT molecular complexity index is 838. The van der Waals surface area contributed by atoms with Crippen LogP contribution < -0.4 is 5.32 Å². The van der Waals surface area contributed by atoms with E-state index < -0.39 is 10.2 Å². The fourth-order valence-electron chi connectivity index (χ4n) is 4.17. The van der Waals surface area contributed by atoms with Crippen molar-refractivity contribution in [1.29, 1.82) is 0 Å². The first kappa shape index (κ1) is 21.9. The van der Waals surface area contributed by atoms with Crippen LogP contribution in [0.3, 0.4) is 0 Å². The van der Waals surface area contributed by atoms with Gasteiger partial charge in [-0.3, -0.25) is 4.79 Å². The van der Waals surface area contributed by atoms with Crippen LogP contribution in [0.5, 0.6) is 0 Å². The van der Waals surface area contributed by atoms with Crippen molar-refractivity contribution in [1.82, 2.24) is 23.5 Å². The molecule has 0 radical (unpaired) electrons. The lowest BCUT2D eigenvalue weighted by atomic mass is 9.97. The molecule has 0 bridgehead atoms. The average molecular weight is 425 g/mol. The van der Waals surface area contributed by atoms with Crippen molar-refractivity contribution in [3.63, 3.8) is 0 Å². The van der Waals surface area contributed by atoms with Crippen molar-refractivity contribution < 1.29 is 13.2 Å². The Morgan fingerprint density at radius 1 is 1.24 bits per heavy atom. The van der Waals surface area contributed by atoms with Gasteiger partial charge in [-0.25, -0.2) is 9.97 Å². The van der Waals surface area contributed by atoms with E-state index in [0.29, 0.717) is 51.5 Å². The molecule has 1 aromatic rings. The monoisotopic (exact) mass is 424 g/mol. The fraction of sp³-hybridized carbons (Fsp3) is 0.737. The van der Waals surface area contributed by atoms with Gasteiger partial charge in [0.25, 0.3) is 10.2 Å². The normalized spacial score (nSPS) is 20.6. The molecule has 1 atom stereocenters. The molecule has 1 aromatic heterocycles. The van der Waals surface area contributed by atoms with E-state index in [-0.39, 0.29) is 11.8 Å². The van der Waals surface area contributed by atoms with Gasteiger partial charge in [0.2, 0.25) is 5.91 Å². The van der Waals surface area contributed by atoms with E-state index in [9.17, 15) is 13.2 Å². The van der Waals surface area contributed by atoms with Gasteiger partial charge in [0.05, 0.1) is 12.2 Å². The second-order valence-corrected chi connectivity index (χ2v) is 9.51. The van der Waals surface area contributed by atoms with Crippen LogP contribution in [0, 0.1) is 0 Å². The van der Waals surface area contributed by atoms with Crippen molar-refractivity contribution in [2.24, 2.45) is 0 Å². The Kier molecular flexibility index (Phi) is 6.75. The number of carbonyl (C=O) groups excluding carboxylic acids is 1. The molecule has 0 saturated carbocycles. The van der Waals surface area contributed by atoms with Crippen LogP contribution in [-0.2, 0) is 28.0 Å². The average Bonchev–Trinajstić information content (AvgIpc) is 2.73. The highest BCUT2D eigenvalue weighted by Gasteiger charge is 2.34. The molecule has 0 spiro atoms. The first-order valence-corrected chi connectivity index (χ1v) is 11.8. The standard InChI is InChI=1S/C19H32N6O3S/c1-5-24(6-2)29(27,28)25-10-7-8-15(12-25)18-21-17-9-11-23(14(3)26)13-16(17)19(20-4)22-18/h15H,5-13H2,1-4H3,(H,20,21,22). The number of nitrogens with zero attached hydrogens (tertiary/aromatic N) is 5.